The molecule has 0 aromatic heterocycles. The van der Waals surface area contributed by atoms with E-state index in [1.807, 2.05) is 24.3 Å². The number of nitrogens with zero attached hydrogens (tertiary/aromatic N) is 1. The predicted molar refractivity (Wildman–Crippen MR) is 87.9 cm³/mol. The van der Waals surface area contributed by atoms with Gasteiger partial charge >= 0.3 is 0 Å². The number of para-hydroxylation sites is 1. The maximum Gasteiger partial charge on any atom is 0.222 e. The van der Waals surface area contributed by atoms with Gasteiger partial charge in [-0.2, -0.15) is 0 Å². The molecule has 2 rings (SSSR count). The highest BCUT2D eigenvalue weighted by Gasteiger charge is 2.22. The van der Waals surface area contributed by atoms with E-state index in [4.69, 9.17) is 5.73 Å². The summed E-state index contributed by atoms with van der Waals surface area (Å²) in [6.07, 6.45) is 4.86. The summed E-state index contributed by atoms with van der Waals surface area (Å²) in [7, 11) is 0. The van der Waals surface area contributed by atoms with E-state index in [1.165, 1.54) is 6.42 Å². The molecule has 1 amide bonds. The summed E-state index contributed by atoms with van der Waals surface area (Å²) in [6, 6.07) is 7.83. The number of hydrogen-bond donors (Lipinski definition) is 1. The average molecular weight is 288 g/mol. The van der Waals surface area contributed by atoms with Gasteiger partial charge < -0.3 is 10.6 Å². The number of anilines is 1. The van der Waals surface area contributed by atoms with Crippen molar-refractivity contribution in [2.75, 3.05) is 18.8 Å². The zero-order chi connectivity index (χ0) is 15.2. The number of benzene rings is 1. The molecule has 0 saturated carbocycles. The van der Waals surface area contributed by atoms with Crippen LogP contribution in [-0.2, 0) is 11.2 Å². The Kier molecular flexibility index (Phi) is 5.66. The highest BCUT2D eigenvalue weighted by molar-refractivity contribution is 5.76. The van der Waals surface area contributed by atoms with Crippen LogP contribution in [0, 0.1) is 11.8 Å². The minimum absolute atomic E-state index is 0.280. The third-order valence-electron chi connectivity index (χ3n) is 4.73. The lowest BCUT2D eigenvalue weighted by molar-refractivity contribution is -0.131. The summed E-state index contributed by atoms with van der Waals surface area (Å²) in [5, 5.41) is 0. The van der Waals surface area contributed by atoms with Crippen molar-refractivity contribution in [2.24, 2.45) is 11.8 Å². The minimum Gasteiger partial charge on any atom is -0.399 e. The van der Waals surface area contributed by atoms with Gasteiger partial charge in [-0.3, -0.25) is 4.79 Å². The molecule has 1 saturated heterocycles. The van der Waals surface area contributed by atoms with E-state index in [0.29, 0.717) is 6.42 Å². The van der Waals surface area contributed by atoms with Crippen LogP contribution in [0.1, 0.15) is 45.1 Å². The van der Waals surface area contributed by atoms with Gasteiger partial charge in [0.05, 0.1) is 0 Å². The van der Waals surface area contributed by atoms with Crippen LogP contribution in [0.25, 0.3) is 0 Å². The molecule has 0 bridgehead atoms. The number of aryl methyl sites for hydroxylation is 1. The van der Waals surface area contributed by atoms with Crippen LogP contribution in [0.15, 0.2) is 24.3 Å². The molecule has 21 heavy (non-hydrogen) atoms. The summed E-state index contributed by atoms with van der Waals surface area (Å²) >= 11 is 0. The normalized spacial score (nSPS) is 19.6. The molecule has 1 aromatic rings. The van der Waals surface area contributed by atoms with Crippen molar-refractivity contribution < 1.29 is 4.79 Å². The molecule has 1 aliphatic rings. The highest BCUT2D eigenvalue weighted by atomic mass is 16.2. The molecule has 3 heteroatoms. The SMILES string of the molecule is CC(C)C1CCCN(C(=O)CCc2ccccc2N)CC1. The zero-order valence-corrected chi connectivity index (χ0v) is 13.3. The Labute approximate surface area is 128 Å². The number of rotatable bonds is 4. The zero-order valence-electron chi connectivity index (χ0n) is 13.3. The van der Waals surface area contributed by atoms with Crippen LogP contribution in [0.5, 0.6) is 0 Å². The fourth-order valence-electron chi connectivity index (χ4n) is 3.20. The van der Waals surface area contributed by atoms with E-state index in [0.717, 1.165) is 55.4 Å². The molecule has 0 aliphatic carbocycles. The van der Waals surface area contributed by atoms with Crippen molar-refractivity contribution >= 4 is 11.6 Å². The van der Waals surface area contributed by atoms with Crippen molar-refractivity contribution in [3.8, 4) is 0 Å². The van der Waals surface area contributed by atoms with Gasteiger partial charge in [0.25, 0.3) is 0 Å². The maximum absolute atomic E-state index is 12.4. The highest BCUT2D eigenvalue weighted by Crippen LogP contribution is 2.25. The number of nitrogens with two attached hydrogens (primary N) is 1. The second-order valence-electron chi connectivity index (χ2n) is 6.51. The number of carbonyl (C=O) groups is 1. The Hall–Kier alpha value is -1.51. The average Bonchev–Trinajstić information content (AvgIpc) is 2.72. The van der Waals surface area contributed by atoms with E-state index < -0.39 is 0 Å². The number of likely N-dealkylation sites (tertiary alicyclic amines) is 1. The molecular formula is C18H28N2O. The first-order chi connectivity index (χ1) is 10.1. The molecule has 1 aromatic carbocycles. The van der Waals surface area contributed by atoms with Crippen molar-refractivity contribution in [1.29, 1.82) is 0 Å². The Morgan fingerprint density at radius 3 is 2.76 bits per heavy atom. The summed E-state index contributed by atoms with van der Waals surface area (Å²) in [5.41, 5.74) is 7.81. The van der Waals surface area contributed by atoms with Gasteiger partial charge in [-0.15, -0.1) is 0 Å². The van der Waals surface area contributed by atoms with E-state index in [9.17, 15) is 4.79 Å². The van der Waals surface area contributed by atoms with Crippen molar-refractivity contribution in [3.05, 3.63) is 29.8 Å². The van der Waals surface area contributed by atoms with E-state index in [1.54, 1.807) is 0 Å². The maximum atomic E-state index is 12.4. The molecule has 0 radical (unpaired) electrons. The lowest BCUT2D eigenvalue weighted by atomic mass is 9.89. The van der Waals surface area contributed by atoms with E-state index >= 15 is 0 Å². The topological polar surface area (TPSA) is 46.3 Å². The monoisotopic (exact) mass is 288 g/mol. The van der Waals surface area contributed by atoms with Gasteiger partial charge in [0.2, 0.25) is 5.91 Å². The van der Waals surface area contributed by atoms with Crippen molar-refractivity contribution in [2.45, 2.75) is 46.0 Å². The first-order valence-electron chi connectivity index (χ1n) is 8.19. The number of nitrogen functional groups attached to an aromatic ring is 1. The third kappa shape index (κ3) is 4.48. The second-order valence-corrected chi connectivity index (χ2v) is 6.51. The number of hydrogen-bond acceptors (Lipinski definition) is 2. The van der Waals surface area contributed by atoms with Crippen LogP contribution in [-0.4, -0.2) is 23.9 Å². The Bertz CT molecular complexity index is 470. The number of carbonyl (C=O) groups excluding carboxylic acids is 1. The van der Waals surface area contributed by atoms with Gasteiger partial charge in [-0.25, -0.2) is 0 Å². The fraction of sp³-hybridized carbons (Fsp3) is 0.611. The fourth-order valence-corrected chi connectivity index (χ4v) is 3.20. The molecule has 0 spiro atoms. The van der Waals surface area contributed by atoms with Gasteiger partial charge in [-0.1, -0.05) is 32.0 Å². The smallest absolute Gasteiger partial charge is 0.222 e. The van der Waals surface area contributed by atoms with E-state index in [-0.39, 0.29) is 5.91 Å². The van der Waals surface area contributed by atoms with E-state index in [2.05, 4.69) is 18.7 Å². The first-order valence-corrected chi connectivity index (χ1v) is 8.19. The lowest BCUT2D eigenvalue weighted by Gasteiger charge is -2.21. The molecule has 1 atom stereocenters. The van der Waals surface area contributed by atoms with Crippen LogP contribution >= 0.6 is 0 Å². The van der Waals surface area contributed by atoms with Gasteiger partial charge in [0.1, 0.15) is 0 Å². The van der Waals surface area contributed by atoms with Crippen molar-refractivity contribution in [1.82, 2.24) is 4.90 Å². The quantitative estimate of drug-likeness (QED) is 0.862. The van der Waals surface area contributed by atoms with Gasteiger partial charge in [0.15, 0.2) is 0 Å². The van der Waals surface area contributed by atoms with Gasteiger partial charge in [0, 0.05) is 25.2 Å². The summed E-state index contributed by atoms with van der Waals surface area (Å²) in [5.74, 6) is 1.78. The summed E-state index contributed by atoms with van der Waals surface area (Å²) < 4.78 is 0. The standard InChI is InChI=1S/C18H28N2O/c1-14(2)15-7-5-12-20(13-11-15)18(21)10-9-16-6-3-4-8-17(16)19/h3-4,6,8,14-15H,5,7,9-13,19H2,1-2H3. The molecule has 2 N–H and O–H groups in total. The molecule has 3 nitrogen and oxygen atoms in total. The Balaban J connectivity index is 1.85. The largest absolute Gasteiger partial charge is 0.399 e. The molecular weight excluding hydrogens is 260 g/mol. The molecule has 1 unspecified atom stereocenters. The van der Waals surface area contributed by atoms with Crippen LogP contribution < -0.4 is 5.73 Å². The third-order valence-corrected chi connectivity index (χ3v) is 4.73. The van der Waals surface area contributed by atoms with Gasteiger partial charge in [-0.05, 0) is 49.1 Å². The second kappa shape index (κ2) is 7.48. The van der Waals surface area contributed by atoms with Crippen LogP contribution in [0.2, 0.25) is 0 Å². The predicted octanol–water partition coefficient (Wildman–Crippen LogP) is 3.49. The van der Waals surface area contributed by atoms with Crippen molar-refractivity contribution in [3.63, 3.8) is 0 Å². The Morgan fingerprint density at radius 1 is 1.29 bits per heavy atom. The molecule has 1 fully saturated rings. The molecule has 116 valence electrons. The van der Waals surface area contributed by atoms with Crippen LogP contribution in [0.3, 0.4) is 0 Å². The Morgan fingerprint density at radius 2 is 2.05 bits per heavy atom. The van der Waals surface area contributed by atoms with Crippen LogP contribution in [0.4, 0.5) is 5.69 Å². The lowest BCUT2D eigenvalue weighted by Crippen LogP contribution is -2.32. The summed E-state index contributed by atoms with van der Waals surface area (Å²) in [6.45, 7) is 6.43. The number of amides is 1. The molecule has 1 heterocycles. The molecule has 1 aliphatic heterocycles. The first kappa shape index (κ1) is 15.9. The summed E-state index contributed by atoms with van der Waals surface area (Å²) in [4.78, 5) is 14.5. The minimum atomic E-state index is 0.280.